The third-order valence-corrected chi connectivity index (χ3v) is 2.94. The Labute approximate surface area is 99.8 Å². The second kappa shape index (κ2) is 4.80. The summed E-state index contributed by atoms with van der Waals surface area (Å²) < 4.78 is 5.22. The summed E-state index contributed by atoms with van der Waals surface area (Å²) in [6.45, 7) is 3.59. The van der Waals surface area contributed by atoms with Crippen LogP contribution in [0.2, 0.25) is 5.02 Å². The van der Waals surface area contributed by atoms with Crippen molar-refractivity contribution in [2.24, 2.45) is 0 Å². The van der Waals surface area contributed by atoms with Gasteiger partial charge in [0.1, 0.15) is 11.4 Å². The predicted molar refractivity (Wildman–Crippen MR) is 63.7 cm³/mol. The molecule has 5 heteroatoms. The van der Waals surface area contributed by atoms with E-state index in [0.717, 1.165) is 0 Å². The molecular formula is C11H15ClN2O2. The lowest BCUT2D eigenvalue weighted by Gasteiger charge is -2.25. The van der Waals surface area contributed by atoms with Crippen molar-refractivity contribution < 1.29 is 9.53 Å². The van der Waals surface area contributed by atoms with Gasteiger partial charge in [-0.25, -0.2) is 4.98 Å². The number of carbonyl (C=O) groups excluding carboxylic acids is 1. The Morgan fingerprint density at radius 1 is 1.69 bits per heavy atom. The first-order valence-electron chi connectivity index (χ1n) is 4.95. The maximum atomic E-state index is 12.2. The van der Waals surface area contributed by atoms with Crippen molar-refractivity contribution in [1.29, 1.82) is 0 Å². The first-order valence-corrected chi connectivity index (χ1v) is 5.33. The van der Waals surface area contributed by atoms with Crippen LogP contribution < -0.4 is 5.73 Å². The van der Waals surface area contributed by atoms with E-state index in [1.54, 1.807) is 6.92 Å². The molecule has 0 radical (unpaired) electrons. The minimum Gasteiger partial charge on any atom is -0.383 e. The maximum Gasteiger partial charge on any atom is 0.198 e. The molecule has 1 aromatic heterocycles. The number of methoxy groups -OCH3 is 1. The summed E-state index contributed by atoms with van der Waals surface area (Å²) in [5, 5.41) is 0.382. The van der Waals surface area contributed by atoms with E-state index in [4.69, 9.17) is 22.1 Å². The number of aromatic nitrogens is 1. The number of anilines is 1. The fourth-order valence-corrected chi connectivity index (χ4v) is 1.47. The van der Waals surface area contributed by atoms with Crippen LogP contribution in [0.3, 0.4) is 0 Å². The maximum absolute atomic E-state index is 12.2. The van der Waals surface area contributed by atoms with Gasteiger partial charge in [0.2, 0.25) is 0 Å². The highest BCUT2D eigenvalue weighted by molar-refractivity contribution is 6.31. The Hall–Kier alpha value is -1.13. The second-order valence-corrected chi connectivity index (χ2v) is 4.14. The van der Waals surface area contributed by atoms with Gasteiger partial charge < -0.3 is 10.5 Å². The van der Waals surface area contributed by atoms with E-state index in [2.05, 4.69) is 4.98 Å². The van der Waals surface area contributed by atoms with Crippen molar-refractivity contribution in [2.45, 2.75) is 25.9 Å². The average Bonchev–Trinajstić information content (AvgIpc) is 2.30. The molecule has 0 saturated heterocycles. The standard InChI is InChI=1S/C11H15ClN2O2/c1-4-11(2,16-3)9(15)8-5-7(12)6-14-10(8)13/h5-6H,4H2,1-3H3,(H2,13,14). The monoisotopic (exact) mass is 242 g/mol. The SMILES string of the molecule is CCC(C)(OC)C(=O)c1cc(Cl)cnc1N. The quantitative estimate of drug-likeness (QED) is 0.823. The van der Waals surface area contributed by atoms with Gasteiger partial charge in [-0.2, -0.15) is 0 Å². The van der Waals surface area contributed by atoms with E-state index in [1.165, 1.54) is 19.4 Å². The topological polar surface area (TPSA) is 65.2 Å². The number of hydrogen-bond donors (Lipinski definition) is 1. The number of rotatable bonds is 4. The highest BCUT2D eigenvalue weighted by atomic mass is 35.5. The lowest BCUT2D eigenvalue weighted by molar-refractivity contribution is 0.0106. The Bertz CT molecular complexity index is 403. The number of nitrogens with two attached hydrogens (primary N) is 1. The van der Waals surface area contributed by atoms with Gasteiger partial charge in [0.05, 0.1) is 10.6 Å². The molecule has 0 aliphatic heterocycles. The summed E-state index contributed by atoms with van der Waals surface area (Å²) in [7, 11) is 1.50. The van der Waals surface area contributed by atoms with E-state index in [1.807, 2.05) is 6.92 Å². The normalized spacial score (nSPS) is 14.5. The summed E-state index contributed by atoms with van der Waals surface area (Å²) in [5.41, 5.74) is 5.07. The van der Waals surface area contributed by atoms with Crippen LogP contribution in [0.4, 0.5) is 5.82 Å². The second-order valence-electron chi connectivity index (χ2n) is 3.70. The van der Waals surface area contributed by atoms with Gasteiger partial charge in [-0.3, -0.25) is 4.79 Å². The van der Waals surface area contributed by atoms with Gasteiger partial charge in [0, 0.05) is 13.3 Å². The van der Waals surface area contributed by atoms with Crippen LogP contribution in [0.15, 0.2) is 12.3 Å². The zero-order chi connectivity index (χ0) is 12.3. The van der Waals surface area contributed by atoms with E-state index >= 15 is 0 Å². The van der Waals surface area contributed by atoms with Crippen molar-refractivity contribution >= 4 is 23.2 Å². The Balaban J connectivity index is 3.18. The van der Waals surface area contributed by atoms with Gasteiger partial charge in [0.25, 0.3) is 0 Å². The summed E-state index contributed by atoms with van der Waals surface area (Å²) >= 11 is 5.79. The van der Waals surface area contributed by atoms with Crippen molar-refractivity contribution in [3.63, 3.8) is 0 Å². The van der Waals surface area contributed by atoms with Crippen molar-refractivity contribution in [3.05, 3.63) is 22.8 Å². The molecule has 0 spiro atoms. The molecule has 2 N–H and O–H groups in total. The molecule has 0 aromatic carbocycles. The van der Waals surface area contributed by atoms with Gasteiger partial charge in [-0.1, -0.05) is 18.5 Å². The number of carbonyl (C=O) groups is 1. The minimum absolute atomic E-state index is 0.172. The third-order valence-electron chi connectivity index (χ3n) is 2.74. The van der Waals surface area contributed by atoms with Crippen molar-refractivity contribution in [2.75, 3.05) is 12.8 Å². The van der Waals surface area contributed by atoms with E-state index in [-0.39, 0.29) is 11.6 Å². The van der Waals surface area contributed by atoms with Crippen LogP contribution in [0.25, 0.3) is 0 Å². The number of hydrogen-bond acceptors (Lipinski definition) is 4. The molecule has 1 atom stereocenters. The van der Waals surface area contributed by atoms with Crippen LogP contribution >= 0.6 is 11.6 Å². The smallest absolute Gasteiger partial charge is 0.198 e. The third kappa shape index (κ3) is 2.33. The average molecular weight is 243 g/mol. The van der Waals surface area contributed by atoms with Crippen LogP contribution in [0.1, 0.15) is 30.6 Å². The van der Waals surface area contributed by atoms with E-state index in [0.29, 0.717) is 17.0 Å². The first kappa shape index (κ1) is 12.9. The first-order chi connectivity index (χ1) is 7.44. The molecule has 1 aromatic rings. The highest BCUT2D eigenvalue weighted by Crippen LogP contribution is 2.24. The van der Waals surface area contributed by atoms with Gasteiger partial charge in [-0.05, 0) is 19.4 Å². The fraction of sp³-hybridized carbons (Fsp3) is 0.455. The van der Waals surface area contributed by atoms with Gasteiger partial charge >= 0.3 is 0 Å². The number of Topliss-reactive ketones (excluding diaryl/α,β-unsaturated/α-hetero) is 1. The fourth-order valence-electron chi connectivity index (χ4n) is 1.31. The predicted octanol–water partition coefficient (Wildman–Crippen LogP) is 2.31. The number of ketones is 1. The largest absolute Gasteiger partial charge is 0.383 e. The molecule has 0 aliphatic rings. The number of halogens is 1. The molecular weight excluding hydrogens is 228 g/mol. The Morgan fingerprint density at radius 3 is 2.81 bits per heavy atom. The molecule has 1 unspecified atom stereocenters. The zero-order valence-electron chi connectivity index (χ0n) is 9.58. The van der Waals surface area contributed by atoms with Gasteiger partial charge in [0.15, 0.2) is 5.78 Å². The molecule has 0 aliphatic carbocycles. The molecule has 88 valence electrons. The van der Waals surface area contributed by atoms with Crippen molar-refractivity contribution in [3.8, 4) is 0 Å². The van der Waals surface area contributed by atoms with Crippen LogP contribution in [-0.2, 0) is 4.74 Å². The summed E-state index contributed by atoms with van der Waals surface area (Å²) in [4.78, 5) is 16.0. The van der Waals surface area contributed by atoms with E-state index < -0.39 is 5.60 Å². The number of nitrogens with zero attached hydrogens (tertiary/aromatic N) is 1. The minimum atomic E-state index is -0.888. The Kier molecular flexibility index (Phi) is 3.88. The Morgan fingerprint density at radius 2 is 2.31 bits per heavy atom. The lowest BCUT2D eigenvalue weighted by atomic mass is 9.92. The number of nitrogen functional groups attached to an aromatic ring is 1. The molecule has 16 heavy (non-hydrogen) atoms. The van der Waals surface area contributed by atoms with Crippen LogP contribution in [-0.4, -0.2) is 23.5 Å². The van der Waals surface area contributed by atoms with Crippen LogP contribution in [0.5, 0.6) is 0 Å². The summed E-state index contributed by atoms with van der Waals surface area (Å²) in [6, 6.07) is 1.51. The van der Waals surface area contributed by atoms with E-state index in [9.17, 15) is 4.79 Å². The highest BCUT2D eigenvalue weighted by Gasteiger charge is 2.33. The molecule has 4 nitrogen and oxygen atoms in total. The lowest BCUT2D eigenvalue weighted by Crippen LogP contribution is -2.37. The molecule has 0 bridgehead atoms. The zero-order valence-corrected chi connectivity index (χ0v) is 10.3. The van der Waals surface area contributed by atoms with Gasteiger partial charge in [-0.15, -0.1) is 0 Å². The number of pyridine rings is 1. The molecule has 0 amide bonds. The molecule has 0 fully saturated rings. The molecule has 0 saturated carbocycles. The number of ether oxygens (including phenoxy) is 1. The summed E-state index contributed by atoms with van der Waals surface area (Å²) in [6.07, 6.45) is 1.96. The van der Waals surface area contributed by atoms with Crippen LogP contribution in [0, 0.1) is 0 Å². The summed E-state index contributed by atoms with van der Waals surface area (Å²) in [5.74, 6) is -0.0314. The van der Waals surface area contributed by atoms with Crippen molar-refractivity contribution in [1.82, 2.24) is 4.98 Å². The molecule has 1 heterocycles. The molecule has 1 rings (SSSR count).